The number of alkyl halides is 3. The molecule has 0 spiro atoms. The molecule has 0 radical (unpaired) electrons. The number of aromatic nitrogens is 1. The number of rotatable bonds is 3. The zero-order valence-corrected chi connectivity index (χ0v) is 10.4. The Hall–Kier alpha value is -0.230. The van der Waals surface area contributed by atoms with Gasteiger partial charge in [-0.1, -0.05) is 15.9 Å². The predicted octanol–water partition coefficient (Wildman–Crippen LogP) is 3.69. The van der Waals surface area contributed by atoms with E-state index in [4.69, 9.17) is 4.74 Å². The second-order valence-corrected chi connectivity index (χ2v) is 3.76. The summed E-state index contributed by atoms with van der Waals surface area (Å²) in [6.07, 6.45) is -1.16. The van der Waals surface area contributed by atoms with Gasteiger partial charge in [0.05, 0.1) is 18.9 Å². The van der Waals surface area contributed by atoms with Gasteiger partial charge in [0.2, 0.25) is 0 Å². The second kappa shape index (κ2) is 5.02. The molecule has 0 N–H and O–H groups in total. The van der Waals surface area contributed by atoms with Crippen LogP contribution in [-0.2, 0) is 5.33 Å². The Kier molecular flexibility index (Phi) is 4.25. The number of nitrogens with zero attached hydrogens (tertiary/aromatic N) is 1. The summed E-state index contributed by atoms with van der Waals surface area (Å²) in [6.45, 7) is 0. The van der Waals surface area contributed by atoms with Crippen molar-refractivity contribution in [2.75, 3.05) is 7.11 Å². The van der Waals surface area contributed by atoms with Gasteiger partial charge in [-0.3, -0.25) is 0 Å². The van der Waals surface area contributed by atoms with E-state index in [0.717, 1.165) is 0 Å². The van der Waals surface area contributed by atoms with Crippen LogP contribution in [0.4, 0.5) is 8.78 Å². The lowest BCUT2D eigenvalue weighted by atomic mass is 10.1. The molecule has 1 rings (SSSR count). The highest BCUT2D eigenvalue weighted by Crippen LogP contribution is 2.35. The number of methoxy groups -OCH3 is 1. The summed E-state index contributed by atoms with van der Waals surface area (Å²) in [4.78, 5) is 3.77. The van der Waals surface area contributed by atoms with Crippen LogP contribution in [0.5, 0.6) is 5.75 Å². The van der Waals surface area contributed by atoms with Crippen LogP contribution in [-0.4, -0.2) is 12.1 Å². The molecule has 0 saturated carbocycles. The van der Waals surface area contributed by atoms with Crippen LogP contribution in [0.1, 0.15) is 17.6 Å². The quantitative estimate of drug-likeness (QED) is 0.623. The van der Waals surface area contributed by atoms with Crippen molar-refractivity contribution in [2.45, 2.75) is 11.8 Å². The maximum Gasteiger partial charge on any atom is 0.266 e. The molecular formula is C8H7Br2F2NO. The van der Waals surface area contributed by atoms with E-state index in [2.05, 4.69) is 36.8 Å². The summed E-state index contributed by atoms with van der Waals surface area (Å²) >= 11 is 6.12. The Morgan fingerprint density at radius 2 is 2.21 bits per heavy atom. The normalized spacial score (nSPS) is 10.7. The Bertz CT molecular complexity index is 333. The van der Waals surface area contributed by atoms with Crippen molar-refractivity contribution in [3.8, 4) is 5.75 Å². The second-order valence-electron chi connectivity index (χ2n) is 2.44. The van der Waals surface area contributed by atoms with E-state index < -0.39 is 6.43 Å². The third kappa shape index (κ3) is 2.23. The Morgan fingerprint density at radius 1 is 1.57 bits per heavy atom. The zero-order chi connectivity index (χ0) is 10.7. The number of halogens is 4. The Balaban J connectivity index is 3.35. The fraction of sp³-hybridized carbons (Fsp3) is 0.375. The highest BCUT2D eigenvalue weighted by Gasteiger charge is 2.20. The van der Waals surface area contributed by atoms with Gasteiger partial charge in [-0.05, 0) is 15.9 Å². The zero-order valence-electron chi connectivity index (χ0n) is 7.23. The molecule has 1 aromatic rings. The summed E-state index contributed by atoms with van der Waals surface area (Å²) in [6, 6.07) is 0. The molecular weight excluding hydrogens is 324 g/mol. The smallest absolute Gasteiger partial charge is 0.266 e. The van der Waals surface area contributed by atoms with Gasteiger partial charge in [0.15, 0.2) is 0 Å². The number of pyridine rings is 1. The molecule has 6 heteroatoms. The molecule has 0 aliphatic carbocycles. The largest absolute Gasteiger partial charge is 0.495 e. The minimum absolute atomic E-state index is 0.124. The summed E-state index contributed by atoms with van der Waals surface area (Å²) in [5.74, 6) is 0.361. The van der Waals surface area contributed by atoms with E-state index in [1.807, 2.05) is 0 Å². The van der Waals surface area contributed by atoms with Gasteiger partial charge in [0, 0.05) is 10.9 Å². The van der Waals surface area contributed by atoms with E-state index in [0.29, 0.717) is 16.6 Å². The average Bonchev–Trinajstić information content (AvgIpc) is 2.16. The molecule has 0 fully saturated rings. The van der Waals surface area contributed by atoms with Crippen molar-refractivity contribution in [3.05, 3.63) is 21.9 Å². The van der Waals surface area contributed by atoms with Gasteiger partial charge >= 0.3 is 0 Å². The van der Waals surface area contributed by atoms with Crippen molar-refractivity contribution >= 4 is 31.9 Å². The highest BCUT2D eigenvalue weighted by molar-refractivity contribution is 9.10. The summed E-state index contributed by atoms with van der Waals surface area (Å²) in [5.41, 5.74) is 0.297. The molecule has 1 heterocycles. The fourth-order valence-electron chi connectivity index (χ4n) is 1.06. The molecule has 0 aromatic carbocycles. The number of ether oxygens (including phenoxy) is 1. The van der Waals surface area contributed by atoms with E-state index >= 15 is 0 Å². The first kappa shape index (κ1) is 11.8. The third-order valence-corrected chi connectivity index (χ3v) is 2.90. The van der Waals surface area contributed by atoms with Crippen LogP contribution < -0.4 is 4.74 Å². The highest BCUT2D eigenvalue weighted by atomic mass is 79.9. The monoisotopic (exact) mass is 329 g/mol. The van der Waals surface area contributed by atoms with Crippen LogP contribution >= 0.6 is 31.9 Å². The molecule has 1 aromatic heterocycles. The van der Waals surface area contributed by atoms with Gasteiger partial charge in [-0.25, -0.2) is 13.8 Å². The molecule has 0 bridgehead atoms. The van der Waals surface area contributed by atoms with Gasteiger partial charge in [0.25, 0.3) is 6.43 Å². The molecule has 0 amide bonds. The fourth-order valence-corrected chi connectivity index (χ4v) is 2.15. The first-order valence-corrected chi connectivity index (χ1v) is 5.58. The van der Waals surface area contributed by atoms with Crippen LogP contribution in [0.2, 0.25) is 0 Å². The average molecular weight is 331 g/mol. The SMILES string of the molecule is COc1cnc(Br)c(C(F)F)c1CBr. The topological polar surface area (TPSA) is 22.1 Å². The molecule has 0 aliphatic heterocycles. The number of hydrogen-bond acceptors (Lipinski definition) is 2. The van der Waals surface area contributed by atoms with Crippen LogP contribution in [0.15, 0.2) is 10.8 Å². The van der Waals surface area contributed by atoms with Gasteiger partial charge in [-0.2, -0.15) is 0 Å². The lowest BCUT2D eigenvalue weighted by Gasteiger charge is -2.12. The van der Waals surface area contributed by atoms with Gasteiger partial charge in [-0.15, -0.1) is 0 Å². The molecule has 0 unspecified atom stereocenters. The molecule has 14 heavy (non-hydrogen) atoms. The summed E-state index contributed by atoms with van der Waals surface area (Å²) in [7, 11) is 1.42. The number of hydrogen-bond donors (Lipinski definition) is 0. The first-order valence-electron chi connectivity index (χ1n) is 3.67. The maximum absolute atomic E-state index is 12.6. The molecule has 2 nitrogen and oxygen atoms in total. The van der Waals surface area contributed by atoms with Crippen molar-refractivity contribution in [1.29, 1.82) is 0 Å². The first-order chi connectivity index (χ1) is 6.61. The van der Waals surface area contributed by atoms with E-state index in [9.17, 15) is 8.78 Å². The predicted molar refractivity (Wildman–Crippen MR) is 56.1 cm³/mol. The van der Waals surface area contributed by atoms with Crippen LogP contribution in [0.3, 0.4) is 0 Å². The van der Waals surface area contributed by atoms with Crippen LogP contribution in [0.25, 0.3) is 0 Å². The molecule has 0 aliphatic rings. The van der Waals surface area contributed by atoms with Crippen LogP contribution in [0, 0.1) is 0 Å². The minimum atomic E-state index is -2.57. The molecule has 0 atom stereocenters. The maximum atomic E-state index is 12.6. The third-order valence-electron chi connectivity index (χ3n) is 1.71. The van der Waals surface area contributed by atoms with Crippen molar-refractivity contribution in [3.63, 3.8) is 0 Å². The lowest BCUT2D eigenvalue weighted by Crippen LogP contribution is -2.00. The van der Waals surface area contributed by atoms with E-state index in [-0.39, 0.29) is 10.2 Å². The van der Waals surface area contributed by atoms with Crippen molar-refractivity contribution < 1.29 is 13.5 Å². The van der Waals surface area contributed by atoms with Gasteiger partial charge in [0.1, 0.15) is 10.4 Å². The summed E-state index contributed by atoms with van der Waals surface area (Å²) < 4.78 is 30.4. The van der Waals surface area contributed by atoms with Gasteiger partial charge < -0.3 is 4.74 Å². The lowest BCUT2D eigenvalue weighted by molar-refractivity contribution is 0.148. The summed E-state index contributed by atoms with van der Waals surface area (Å²) in [5, 5.41) is 0.303. The Labute approximate surface area is 96.9 Å². The minimum Gasteiger partial charge on any atom is -0.495 e. The standard InChI is InChI=1S/C8H7Br2F2NO/c1-14-5-3-13-7(10)6(8(11)12)4(5)2-9/h3,8H,2H2,1H3. The van der Waals surface area contributed by atoms with E-state index in [1.165, 1.54) is 13.3 Å². The van der Waals surface area contributed by atoms with Crippen molar-refractivity contribution in [2.24, 2.45) is 0 Å². The Morgan fingerprint density at radius 3 is 2.64 bits per heavy atom. The van der Waals surface area contributed by atoms with E-state index in [1.54, 1.807) is 0 Å². The van der Waals surface area contributed by atoms with Crippen molar-refractivity contribution in [1.82, 2.24) is 4.98 Å². The molecule has 78 valence electrons. The molecule has 0 saturated heterocycles.